The molecule has 0 radical (unpaired) electrons. The topological polar surface area (TPSA) is 60.2 Å². The minimum absolute atomic E-state index is 0.103. The highest BCUT2D eigenvalue weighted by molar-refractivity contribution is 9.11. The van der Waals surface area contributed by atoms with Crippen LogP contribution in [0.1, 0.15) is 31.0 Å². The Bertz CT molecular complexity index is 620. The van der Waals surface area contributed by atoms with Crippen LogP contribution in [0.25, 0.3) is 0 Å². The lowest BCUT2D eigenvalue weighted by molar-refractivity contribution is 0.241. The van der Waals surface area contributed by atoms with Gasteiger partial charge in [-0.05, 0) is 43.2 Å². The number of ether oxygens (including phenoxy) is 1. The van der Waals surface area contributed by atoms with Gasteiger partial charge in [-0.3, -0.25) is 10.8 Å². The van der Waals surface area contributed by atoms with Crippen LogP contribution in [0.5, 0.6) is 5.75 Å². The summed E-state index contributed by atoms with van der Waals surface area (Å²) in [6.07, 6.45) is 3.59. The molecule has 4 nitrogen and oxygen atoms in total. The van der Waals surface area contributed by atoms with Gasteiger partial charge in [0.15, 0.2) is 0 Å². The van der Waals surface area contributed by atoms with E-state index in [9.17, 15) is 0 Å². The third-order valence-corrected chi connectivity index (χ3v) is 4.06. The summed E-state index contributed by atoms with van der Waals surface area (Å²) in [6.45, 7) is 3.97. The quantitative estimate of drug-likeness (QED) is 0.574. The Morgan fingerprint density at radius 2 is 1.95 bits per heavy atom. The minimum atomic E-state index is -0.171. The molecule has 2 aromatic rings. The summed E-state index contributed by atoms with van der Waals surface area (Å²) >= 11 is 7.02. The number of nitrogens with zero attached hydrogens (tertiary/aromatic N) is 1. The van der Waals surface area contributed by atoms with Crippen LogP contribution in [0.4, 0.5) is 0 Å². The molecule has 3 N–H and O–H groups in total. The number of nitrogens with two attached hydrogens (primary N) is 1. The molecule has 1 unspecified atom stereocenters. The maximum absolute atomic E-state index is 5.74. The first-order valence-electron chi connectivity index (χ1n) is 6.54. The van der Waals surface area contributed by atoms with Gasteiger partial charge in [-0.2, -0.15) is 0 Å². The molecular formula is C15H17Br2N3O. The van der Waals surface area contributed by atoms with Gasteiger partial charge in [-0.15, -0.1) is 0 Å². The largest absolute Gasteiger partial charge is 0.489 e. The Kier molecular flexibility index (Phi) is 5.75. The van der Waals surface area contributed by atoms with Crippen molar-refractivity contribution in [1.82, 2.24) is 10.4 Å². The average Bonchev–Trinajstić information content (AvgIpc) is 2.41. The summed E-state index contributed by atoms with van der Waals surface area (Å²) in [4.78, 5) is 4.23. The first-order chi connectivity index (χ1) is 10.0. The third-order valence-electron chi connectivity index (χ3n) is 2.88. The molecule has 1 aromatic heterocycles. The number of nitrogens with one attached hydrogen (secondary N) is 1. The monoisotopic (exact) mass is 413 g/mol. The van der Waals surface area contributed by atoms with E-state index in [0.29, 0.717) is 0 Å². The van der Waals surface area contributed by atoms with Gasteiger partial charge < -0.3 is 4.74 Å². The Balaban J connectivity index is 2.37. The molecule has 0 amide bonds. The standard InChI is InChI=1S/C15H17Br2N3O/c1-9(2)21-12-5-10(7-19-8-12)15(20-18)13-4-3-11(16)6-14(13)17/h3-9,15,20H,18H2,1-2H3. The predicted octanol–water partition coefficient (Wildman–Crippen LogP) is 3.95. The molecular weight excluding hydrogens is 398 g/mol. The molecule has 1 aromatic carbocycles. The summed E-state index contributed by atoms with van der Waals surface area (Å²) in [5.74, 6) is 6.48. The Labute approximate surface area is 141 Å². The van der Waals surface area contributed by atoms with Crippen molar-refractivity contribution in [2.45, 2.75) is 26.0 Å². The molecule has 0 bridgehead atoms. The molecule has 21 heavy (non-hydrogen) atoms. The van der Waals surface area contributed by atoms with Crippen LogP contribution in [0.2, 0.25) is 0 Å². The Hall–Kier alpha value is -0.950. The molecule has 0 fully saturated rings. The lowest BCUT2D eigenvalue weighted by atomic mass is 10.0. The van der Waals surface area contributed by atoms with E-state index in [-0.39, 0.29) is 12.1 Å². The lowest BCUT2D eigenvalue weighted by Gasteiger charge is -2.19. The van der Waals surface area contributed by atoms with Crippen LogP contribution in [0.15, 0.2) is 45.6 Å². The van der Waals surface area contributed by atoms with Gasteiger partial charge in [0.25, 0.3) is 0 Å². The van der Waals surface area contributed by atoms with Crippen molar-refractivity contribution in [2.24, 2.45) is 5.84 Å². The highest BCUT2D eigenvalue weighted by Gasteiger charge is 2.17. The third kappa shape index (κ3) is 4.26. The molecule has 0 saturated heterocycles. The molecule has 2 rings (SSSR count). The van der Waals surface area contributed by atoms with Gasteiger partial charge in [0.2, 0.25) is 0 Å². The second-order valence-electron chi connectivity index (χ2n) is 4.89. The molecule has 0 aliphatic rings. The zero-order valence-electron chi connectivity index (χ0n) is 11.8. The number of pyridine rings is 1. The maximum atomic E-state index is 5.74. The summed E-state index contributed by atoms with van der Waals surface area (Å²) in [7, 11) is 0. The Morgan fingerprint density at radius 3 is 2.57 bits per heavy atom. The highest BCUT2D eigenvalue weighted by Crippen LogP contribution is 2.31. The van der Waals surface area contributed by atoms with Gasteiger partial charge >= 0.3 is 0 Å². The fraction of sp³-hybridized carbons (Fsp3) is 0.267. The molecule has 0 aliphatic carbocycles. The predicted molar refractivity (Wildman–Crippen MR) is 91.0 cm³/mol. The Morgan fingerprint density at radius 1 is 1.19 bits per heavy atom. The van der Waals surface area contributed by atoms with E-state index >= 15 is 0 Å². The summed E-state index contributed by atoms with van der Waals surface area (Å²) < 4.78 is 7.66. The second-order valence-corrected chi connectivity index (χ2v) is 6.66. The van der Waals surface area contributed by atoms with Crippen LogP contribution < -0.4 is 16.0 Å². The maximum Gasteiger partial charge on any atom is 0.138 e. The van der Waals surface area contributed by atoms with Crippen molar-refractivity contribution in [3.8, 4) is 5.75 Å². The molecule has 1 heterocycles. The van der Waals surface area contributed by atoms with Gasteiger partial charge in [0.05, 0.1) is 18.3 Å². The van der Waals surface area contributed by atoms with E-state index in [1.165, 1.54) is 0 Å². The fourth-order valence-corrected chi connectivity index (χ4v) is 3.31. The molecule has 0 spiro atoms. The lowest BCUT2D eigenvalue weighted by Crippen LogP contribution is -2.29. The van der Waals surface area contributed by atoms with E-state index in [1.54, 1.807) is 12.4 Å². The van der Waals surface area contributed by atoms with Gasteiger partial charge in [0, 0.05) is 15.1 Å². The van der Waals surface area contributed by atoms with Crippen molar-refractivity contribution >= 4 is 31.9 Å². The molecule has 1 atom stereocenters. The van der Waals surface area contributed by atoms with E-state index in [4.69, 9.17) is 10.6 Å². The zero-order valence-corrected chi connectivity index (χ0v) is 15.0. The van der Waals surface area contributed by atoms with Crippen molar-refractivity contribution in [1.29, 1.82) is 0 Å². The zero-order chi connectivity index (χ0) is 15.4. The summed E-state index contributed by atoms with van der Waals surface area (Å²) in [5, 5.41) is 0. The van der Waals surface area contributed by atoms with Crippen molar-refractivity contribution in [3.05, 3.63) is 56.7 Å². The average molecular weight is 415 g/mol. The smallest absolute Gasteiger partial charge is 0.138 e. The van der Waals surface area contributed by atoms with Crippen LogP contribution >= 0.6 is 31.9 Å². The molecule has 112 valence electrons. The number of rotatable bonds is 5. The summed E-state index contributed by atoms with van der Waals surface area (Å²) in [6, 6.07) is 7.75. The van der Waals surface area contributed by atoms with Gasteiger partial charge in [-0.1, -0.05) is 37.9 Å². The molecule has 0 aliphatic heterocycles. The number of hydrogen-bond donors (Lipinski definition) is 2. The first-order valence-corrected chi connectivity index (χ1v) is 8.12. The first kappa shape index (κ1) is 16.4. The number of benzene rings is 1. The van der Waals surface area contributed by atoms with E-state index in [1.807, 2.05) is 38.1 Å². The van der Waals surface area contributed by atoms with Crippen LogP contribution in [-0.2, 0) is 0 Å². The van der Waals surface area contributed by atoms with Crippen molar-refractivity contribution < 1.29 is 4.74 Å². The normalized spacial score (nSPS) is 12.5. The number of halogens is 2. The second kappa shape index (κ2) is 7.35. The van der Waals surface area contributed by atoms with E-state index in [0.717, 1.165) is 25.8 Å². The van der Waals surface area contributed by atoms with Crippen molar-refractivity contribution in [2.75, 3.05) is 0 Å². The highest BCUT2D eigenvalue weighted by atomic mass is 79.9. The molecule has 0 saturated carbocycles. The minimum Gasteiger partial charge on any atom is -0.489 e. The van der Waals surface area contributed by atoms with Crippen molar-refractivity contribution in [3.63, 3.8) is 0 Å². The summed E-state index contributed by atoms with van der Waals surface area (Å²) in [5.41, 5.74) is 4.81. The fourth-order valence-electron chi connectivity index (χ4n) is 2.03. The van der Waals surface area contributed by atoms with Crippen LogP contribution in [0, 0.1) is 0 Å². The number of aromatic nitrogens is 1. The van der Waals surface area contributed by atoms with Gasteiger partial charge in [-0.25, -0.2) is 5.43 Å². The SMILES string of the molecule is CC(C)Oc1cncc(C(NN)c2ccc(Br)cc2Br)c1. The van der Waals surface area contributed by atoms with Crippen LogP contribution in [-0.4, -0.2) is 11.1 Å². The van der Waals surface area contributed by atoms with Crippen LogP contribution in [0.3, 0.4) is 0 Å². The van der Waals surface area contributed by atoms with E-state index < -0.39 is 0 Å². The van der Waals surface area contributed by atoms with Gasteiger partial charge in [0.1, 0.15) is 5.75 Å². The number of hydrazine groups is 1. The number of hydrogen-bond acceptors (Lipinski definition) is 4. The molecule has 6 heteroatoms. The van der Waals surface area contributed by atoms with E-state index in [2.05, 4.69) is 42.3 Å².